The van der Waals surface area contributed by atoms with Gasteiger partial charge in [0.05, 0.1) is 0 Å². The van der Waals surface area contributed by atoms with E-state index in [0.29, 0.717) is 6.42 Å². The van der Waals surface area contributed by atoms with Gasteiger partial charge in [-0.1, -0.05) is 25.1 Å². The molecular weight excluding hydrogens is 338 g/mol. The van der Waals surface area contributed by atoms with Crippen molar-refractivity contribution < 1.29 is 4.79 Å². The Labute approximate surface area is 164 Å². The minimum Gasteiger partial charge on any atom is -0.372 e. The average Bonchev–Trinajstić information content (AvgIpc) is 3.16. The highest BCUT2D eigenvalue weighted by Gasteiger charge is 2.25. The molecule has 1 aliphatic heterocycles. The zero-order valence-corrected chi connectivity index (χ0v) is 17.1. The van der Waals surface area contributed by atoms with Crippen LogP contribution in [0.3, 0.4) is 0 Å². The van der Waals surface area contributed by atoms with E-state index in [1.54, 1.807) is 0 Å². The van der Waals surface area contributed by atoms with E-state index in [2.05, 4.69) is 53.6 Å². The van der Waals surface area contributed by atoms with Crippen LogP contribution in [-0.2, 0) is 4.79 Å². The molecule has 0 saturated carbocycles. The molecule has 0 aliphatic carbocycles. The molecule has 0 aromatic heterocycles. The number of nitrogens with one attached hydrogen (secondary N) is 2. The minimum atomic E-state index is 0.238. The fourth-order valence-corrected chi connectivity index (χ4v) is 3.40. The van der Waals surface area contributed by atoms with Crippen molar-refractivity contribution in [3.63, 3.8) is 0 Å². The molecule has 27 heavy (non-hydrogen) atoms. The van der Waals surface area contributed by atoms with Gasteiger partial charge in [-0.15, -0.1) is 0 Å². The summed E-state index contributed by atoms with van der Waals surface area (Å²) in [6.07, 6.45) is 2.56. The van der Waals surface area contributed by atoms with E-state index in [0.717, 1.165) is 58.1 Å². The molecule has 2 rings (SSSR count). The molecule has 0 spiro atoms. The van der Waals surface area contributed by atoms with Crippen molar-refractivity contribution in [3.05, 3.63) is 30.3 Å². The number of nitrogens with zero attached hydrogens (tertiary/aromatic N) is 3. The third kappa shape index (κ3) is 6.77. The van der Waals surface area contributed by atoms with Gasteiger partial charge in [-0.25, -0.2) is 0 Å². The number of hydrogen-bond donors (Lipinski definition) is 2. The van der Waals surface area contributed by atoms with E-state index >= 15 is 0 Å². The third-order valence-corrected chi connectivity index (χ3v) is 4.89. The van der Waals surface area contributed by atoms with Gasteiger partial charge in [0.15, 0.2) is 5.96 Å². The minimum absolute atomic E-state index is 0.238. The van der Waals surface area contributed by atoms with Crippen molar-refractivity contribution in [1.82, 2.24) is 15.5 Å². The van der Waals surface area contributed by atoms with Gasteiger partial charge in [0.2, 0.25) is 5.91 Å². The van der Waals surface area contributed by atoms with Gasteiger partial charge in [0.1, 0.15) is 0 Å². The number of likely N-dealkylation sites (tertiary alicyclic amines) is 1. The second kappa shape index (κ2) is 11.5. The molecule has 0 radical (unpaired) electrons. The lowest BCUT2D eigenvalue weighted by atomic mass is 10.2. The normalized spacial score (nSPS) is 17.1. The number of benzene rings is 1. The van der Waals surface area contributed by atoms with Crippen molar-refractivity contribution in [2.75, 3.05) is 44.2 Å². The van der Waals surface area contributed by atoms with E-state index in [-0.39, 0.29) is 11.9 Å². The van der Waals surface area contributed by atoms with Crippen LogP contribution in [0.25, 0.3) is 0 Å². The van der Waals surface area contributed by atoms with E-state index in [1.807, 2.05) is 17.9 Å². The third-order valence-electron chi connectivity index (χ3n) is 4.89. The summed E-state index contributed by atoms with van der Waals surface area (Å²) in [7, 11) is 0. The molecule has 1 heterocycles. The van der Waals surface area contributed by atoms with Gasteiger partial charge in [0.25, 0.3) is 0 Å². The molecule has 1 atom stereocenters. The number of hydrogen-bond acceptors (Lipinski definition) is 3. The molecular formula is C21H35N5O. The Bertz CT molecular complexity index is 589. The van der Waals surface area contributed by atoms with Crippen molar-refractivity contribution in [1.29, 1.82) is 0 Å². The lowest BCUT2D eigenvalue weighted by molar-refractivity contribution is -0.129. The fourth-order valence-electron chi connectivity index (χ4n) is 3.40. The first-order valence-electron chi connectivity index (χ1n) is 10.3. The monoisotopic (exact) mass is 373 g/mol. The lowest BCUT2D eigenvalue weighted by Crippen LogP contribution is -2.45. The van der Waals surface area contributed by atoms with Gasteiger partial charge >= 0.3 is 0 Å². The van der Waals surface area contributed by atoms with Crippen LogP contribution in [0.1, 0.15) is 40.0 Å². The zero-order valence-electron chi connectivity index (χ0n) is 17.1. The first-order chi connectivity index (χ1) is 13.2. The highest BCUT2D eigenvalue weighted by molar-refractivity contribution is 5.80. The fraction of sp³-hybridized carbons (Fsp3) is 0.619. The van der Waals surface area contributed by atoms with Crippen LogP contribution in [0.15, 0.2) is 35.3 Å². The van der Waals surface area contributed by atoms with Crippen LogP contribution in [0.4, 0.5) is 5.69 Å². The van der Waals surface area contributed by atoms with Crippen molar-refractivity contribution >= 4 is 17.6 Å². The SMILES string of the molecule is CCNC(=NCCCN(CC)c1ccccc1)NC1CCN(C(=O)CC)C1. The summed E-state index contributed by atoms with van der Waals surface area (Å²) in [5.41, 5.74) is 1.26. The number of guanidine groups is 1. The van der Waals surface area contributed by atoms with Crippen LogP contribution in [0.2, 0.25) is 0 Å². The van der Waals surface area contributed by atoms with Crippen molar-refractivity contribution in [3.8, 4) is 0 Å². The topological polar surface area (TPSA) is 60.0 Å². The van der Waals surface area contributed by atoms with Gasteiger partial charge in [-0.05, 0) is 38.8 Å². The standard InChI is InChI=1S/C21H35N5O/c1-4-20(27)26-16-13-18(17-26)24-21(22-5-2)23-14-10-15-25(6-3)19-11-8-7-9-12-19/h7-9,11-12,18H,4-6,10,13-17H2,1-3H3,(H2,22,23,24). The first kappa shape index (κ1) is 21.1. The number of carbonyl (C=O) groups excluding carboxylic acids is 1. The molecule has 2 N–H and O–H groups in total. The largest absolute Gasteiger partial charge is 0.372 e. The highest BCUT2D eigenvalue weighted by atomic mass is 16.2. The maximum absolute atomic E-state index is 11.8. The predicted molar refractivity (Wildman–Crippen MR) is 113 cm³/mol. The molecule has 1 unspecified atom stereocenters. The summed E-state index contributed by atoms with van der Waals surface area (Å²) in [5, 5.41) is 6.81. The quantitative estimate of drug-likeness (QED) is 0.397. The second-order valence-corrected chi connectivity index (χ2v) is 6.85. The summed E-state index contributed by atoms with van der Waals surface area (Å²) in [4.78, 5) is 20.9. The Morgan fingerprint density at radius 2 is 2.04 bits per heavy atom. The molecule has 1 aromatic carbocycles. The Morgan fingerprint density at radius 3 is 2.70 bits per heavy atom. The maximum Gasteiger partial charge on any atom is 0.222 e. The van der Waals surface area contributed by atoms with Crippen LogP contribution in [0.5, 0.6) is 0 Å². The van der Waals surface area contributed by atoms with Crippen molar-refractivity contribution in [2.45, 2.75) is 46.1 Å². The summed E-state index contributed by atoms with van der Waals surface area (Å²) >= 11 is 0. The second-order valence-electron chi connectivity index (χ2n) is 6.85. The van der Waals surface area contributed by atoms with Gasteiger partial charge in [-0.2, -0.15) is 0 Å². The predicted octanol–water partition coefficient (Wildman–Crippen LogP) is 2.47. The molecule has 1 fully saturated rings. The van der Waals surface area contributed by atoms with E-state index in [1.165, 1.54) is 5.69 Å². The molecule has 1 saturated heterocycles. The number of aliphatic imine (C=N–C) groups is 1. The number of para-hydroxylation sites is 1. The molecule has 6 heteroatoms. The molecule has 1 amide bonds. The Morgan fingerprint density at radius 1 is 1.26 bits per heavy atom. The lowest BCUT2D eigenvalue weighted by Gasteiger charge is -2.23. The Kier molecular flexibility index (Phi) is 8.95. The number of amides is 1. The zero-order chi connectivity index (χ0) is 19.5. The van der Waals surface area contributed by atoms with Crippen molar-refractivity contribution in [2.24, 2.45) is 4.99 Å². The smallest absolute Gasteiger partial charge is 0.222 e. The van der Waals surface area contributed by atoms with Gasteiger partial charge in [0, 0.05) is 57.4 Å². The number of carbonyl (C=O) groups is 1. The molecule has 1 aromatic rings. The highest BCUT2D eigenvalue weighted by Crippen LogP contribution is 2.13. The van der Waals surface area contributed by atoms with E-state index in [9.17, 15) is 4.79 Å². The van der Waals surface area contributed by atoms with Crippen LogP contribution < -0.4 is 15.5 Å². The summed E-state index contributed by atoms with van der Waals surface area (Å²) in [5.74, 6) is 1.10. The summed E-state index contributed by atoms with van der Waals surface area (Å²) < 4.78 is 0. The molecule has 150 valence electrons. The summed E-state index contributed by atoms with van der Waals surface area (Å²) in [6, 6.07) is 10.8. The van der Waals surface area contributed by atoms with E-state index in [4.69, 9.17) is 4.99 Å². The number of rotatable bonds is 9. The average molecular weight is 374 g/mol. The Balaban J connectivity index is 1.80. The first-order valence-corrected chi connectivity index (χ1v) is 10.3. The Hall–Kier alpha value is -2.24. The number of anilines is 1. The van der Waals surface area contributed by atoms with Gasteiger partial charge < -0.3 is 20.4 Å². The van der Waals surface area contributed by atoms with Crippen LogP contribution >= 0.6 is 0 Å². The van der Waals surface area contributed by atoms with Crippen LogP contribution in [0, 0.1) is 0 Å². The molecule has 0 bridgehead atoms. The molecule has 1 aliphatic rings. The van der Waals surface area contributed by atoms with E-state index < -0.39 is 0 Å². The van der Waals surface area contributed by atoms with Crippen LogP contribution in [-0.4, -0.2) is 62.1 Å². The van der Waals surface area contributed by atoms with Gasteiger partial charge in [-0.3, -0.25) is 9.79 Å². The molecule has 6 nitrogen and oxygen atoms in total. The summed E-state index contributed by atoms with van der Waals surface area (Å²) in [6.45, 7) is 11.4. The maximum atomic E-state index is 11.8.